The Morgan fingerprint density at radius 3 is 2.92 bits per heavy atom. The average molecular weight is 204 g/mol. The predicted octanol–water partition coefficient (Wildman–Crippen LogP) is 0.0936. The summed E-state index contributed by atoms with van der Waals surface area (Å²) in [6.45, 7) is 0.618. The average Bonchev–Trinajstić information content (AvgIpc) is 2.51. The zero-order chi connectivity index (χ0) is 8.97. The molecule has 0 aromatic heterocycles. The van der Waals surface area contributed by atoms with E-state index in [9.17, 15) is 13.6 Å². The standard InChI is InChI=1S/C6H7NO3S2/c8-3-1-5(12(9)10)6-7-2-4-11-6/h1,3H,2,4H2,(H,9,10)/p-1. The molecular formula is C6H6NO3S2-. The van der Waals surface area contributed by atoms with Crippen LogP contribution in [0.2, 0.25) is 0 Å². The van der Waals surface area contributed by atoms with Crippen LogP contribution in [0, 0.1) is 0 Å². The third-order valence-electron chi connectivity index (χ3n) is 1.20. The summed E-state index contributed by atoms with van der Waals surface area (Å²) in [6, 6.07) is 0. The van der Waals surface area contributed by atoms with E-state index in [4.69, 9.17) is 0 Å². The monoisotopic (exact) mass is 204 g/mol. The first kappa shape index (κ1) is 9.63. The Hall–Kier alpha value is -0.460. The molecule has 0 fully saturated rings. The van der Waals surface area contributed by atoms with Gasteiger partial charge in [0.1, 0.15) is 11.3 Å². The molecule has 12 heavy (non-hydrogen) atoms. The molecule has 0 radical (unpaired) electrons. The second-order valence-corrected chi connectivity index (χ2v) is 3.93. The van der Waals surface area contributed by atoms with Crippen molar-refractivity contribution in [2.75, 3.05) is 12.3 Å². The molecule has 0 bridgehead atoms. The first-order valence-corrected chi connectivity index (χ1v) is 5.24. The fraction of sp³-hybridized carbons (Fsp3) is 0.333. The molecule has 0 saturated heterocycles. The van der Waals surface area contributed by atoms with Crippen LogP contribution in [-0.4, -0.2) is 32.4 Å². The van der Waals surface area contributed by atoms with Gasteiger partial charge in [-0.15, -0.1) is 11.8 Å². The summed E-state index contributed by atoms with van der Waals surface area (Å²) in [5.74, 6) is 0.780. The van der Waals surface area contributed by atoms with E-state index < -0.39 is 11.1 Å². The Kier molecular flexibility index (Phi) is 3.64. The van der Waals surface area contributed by atoms with Gasteiger partial charge in [0.2, 0.25) is 0 Å². The van der Waals surface area contributed by atoms with Crippen molar-refractivity contribution in [3.63, 3.8) is 0 Å². The number of rotatable bonds is 3. The maximum absolute atomic E-state index is 10.6. The molecule has 1 aliphatic heterocycles. The molecule has 6 heteroatoms. The molecule has 0 aliphatic carbocycles. The first-order chi connectivity index (χ1) is 5.75. The van der Waals surface area contributed by atoms with Crippen LogP contribution in [0.5, 0.6) is 0 Å². The molecule has 0 amide bonds. The van der Waals surface area contributed by atoms with Crippen molar-refractivity contribution < 1.29 is 13.6 Å². The third-order valence-corrected chi connectivity index (χ3v) is 3.02. The Morgan fingerprint density at radius 1 is 1.75 bits per heavy atom. The van der Waals surface area contributed by atoms with Crippen LogP contribution in [0.15, 0.2) is 16.0 Å². The summed E-state index contributed by atoms with van der Waals surface area (Å²) in [6.07, 6.45) is 1.47. The van der Waals surface area contributed by atoms with E-state index in [2.05, 4.69) is 4.99 Å². The van der Waals surface area contributed by atoms with E-state index in [1.54, 1.807) is 0 Å². The third kappa shape index (κ3) is 2.26. The van der Waals surface area contributed by atoms with Gasteiger partial charge in [-0.05, 0) is 17.2 Å². The Balaban J connectivity index is 2.86. The fourth-order valence-corrected chi connectivity index (χ4v) is 2.27. The van der Waals surface area contributed by atoms with E-state index in [-0.39, 0.29) is 4.91 Å². The normalized spacial score (nSPS) is 20.4. The predicted molar refractivity (Wildman–Crippen MR) is 47.8 cm³/mol. The minimum Gasteiger partial charge on any atom is -0.768 e. The zero-order valence-corrected chi connectivity index (χ0v) is 7.69. The van der Waals surface area contributed by atoms with E-state index >= 15 is 0 Å². The maximum atomic E-state index is 10.6. The SMILES string of the molecule is O=CC=C(C1=NCCS1)S(=O)[O-]. The van der Waals surface area contributed by atoms with Crippen molar-refractivity contribution in [3.8, 4) is 0 Å². The van der Waals surface area contributed by atoms with Crippen LogP contribution in [-0.2, 0) is 15.9 Å². The fourth-order valence-electron chi connectivity index (χ4n) is 0.744. The molecule has 1 unspecified atom stereocenters. The minimum atomic E-state index is -2.36. The molecule has 1 rings (SSSR count). The molecule has 0 aromatic rings. The first-order valence-electron chi connectivity index (χ1n) is 3.18. The van der Waals surface area contributed by atoms with Crippen molar-refractivity contribution in [2.45, 2.75) is 0 Å². The molecule has 0 N–H and O–H groups in total. The van der Waals surface area contributed by atoms with Crippen molar-refractivity contribution in [3.05, 3.63) is 11.0 Å². The number of carbonyl (C=O) groups excluding carboxylic acids is 1. The summed E-state index contributed by atoms with van der Waals surface area (Å²) in [4.78, 5) is 14.0. The lowest BCUT2D eigenvalue weighted by atomic mass is 10.5. The number of carbonyl (C=O) groups is 1. The lowest BCUT2D eigenvalue weighted by Crippen LogP contribution is -2.02. The van der Waals surface area contributed by atoms with Crippen molar-refractivity contribution in [1.29, 1.82) is 0 Å². The molecule has 1 aliphatic rings. The van der Waals surface area contributed by atoms with Gasteiger partial charge in [0, 0.05) is 12.3 Å². The zero-order valence-electron chi connectivity index (χ0n) is 6.06. The Morgan fingerprint density at radius 2 is 2.50 bits per heavy atom. The van der Waals surface area contributed by atoms with Gasteiger partial charge >= 0.3 is 0 Å². The number of nitrogens with zero attached hydrogens (tertiary/aromatic N) is 1. The summed E-state index contributed by atoms with van der Waals surface area (Å²) in [5.41, 5.74) is 0. The maximum Gasteiger partial charge on any atom is 0.144 e. The van der Waals surface area contributed by atoms with Crippen LogP contribution < -0.4 is 0 Å². The lowest BCUT2D eigenvalue weighted by Gasteiger charge is -2.07. The second-order valence-electron chi connectivity index (χ2n) is 1.94. The summed E-state index contributed by atoms with van der Waals surface area (Å²) in [5, 5.41) is 0.440. The molecular weight excluding hydrogens is 198 g/mol. The lowest BCUT2D eigenvalue weighted by molar-refractivity contribution is -0.104. The van der Waals surface area contributed by atoms with E-state index in [0.717, 1.165) is 11.8 Å². The second kappa shape index (κ2) is 4.54. The van der Waals surface area contributed by atoms with E-state index in [0.29, 0.717) is 17.9 Å². The highest BCUT2D eigenvalue weighted by atomic mass is 32.2. The molecule has 1 heterocycles. The van der Waals surface area contributed by atoms with E-state index in [1.165, 1.54) is 11.8 Å². The summed E-state index contributed by atoms with van der Waals surface area (Å²) in [7, 11) is 0. The van der Waals surface area contributed by atoms with Crippen LogP contribution in [0.4, 0.5) is 0 Å². The number of hydrogen-bond donors (Lipinski definition) is 0. The number of thioether (sulfide) groups is 1. The highest BCUT2D eigenvalue weighted by molar-refractivity contribution is 8.16. The van der Waals surface area contributed by atoms with Gasteiger partial charge in [-0.2, -0.15) is 0 Å². The largest absolute Gasteiger partial charge is 0.768 e. The summed E-state index contributed by atoms with van der Waals surface area (Å²) >= 11 is -1.02. The van der Waals surface area contributed by atoms with Crippen molar-refractivity contribution in [2.24, 2.45) is 4.99 Å². The minimum absolute atomic E-state index is 0.00694. The Bertz CT molecular complexity index is 272. The van der Waals surface area contributed by atoms with Gasteiger partial charge in [0.25, 0.3) is 0 Å². The van der Waals surface area contributed by atoms with Gasteiger partial charge in [-0.3, -0.25) is 14.0 Å². The molecule has 0 saturated carbocycles. The highest BCUT2D eigenvalue weighted by Gasteiger charge is 2.12. The molecule has 0 spiro atoms. The molecule has 0 aromatic carbocycles. The van der Waals surface area contributed by atoms with Crippen molar-refractivity contribution >= 4 is 34.2 Å². The highest BCUT2D eigenvalue weighted by Crippen LogP contribution is 2.19. The van der Waals surface area contributed by atoms with Crippen LogP contribution in [0.25, 0.3) is 0 Å². The number of allylic oxidation sites excluding steroid dienone is 1. The van der Waals surface area contributed by atoms with Gasteiger partial charge in [-0.25, -0.2) is 0 Å². The number of aliphatic imine (C=N–C) groups is 1. The number of hydrogen-bond acceptors (Lipinski definition) is 5. The molecule has 1 atom stereocenters. The smallest absolute Gasteiger partial charge is 0.144 e. The topological polar surface area (TPSA) is 69.6 Å². The van der Waals surface area contributed by atoms with Crippen molar-refractivity contribution in [1.82, 2.24) is 0 Å². The quantitative estimate of drug-likeness (QED) is 0.371. The van der Waals surface area contributed by atoms with Gasteiger partial charge < -0.3 is 4.55 Å². The van der Waals surface area contributed by atoms with Gasteiger partial charge in [-0.1, -0.05) is 0 Å². The number of aldehydes is 1. The van der Waals surface area contributed by atoms with Gasteiger partial charge in [0.15, 0.2) is 0 Å². The molecule has 4 nitrogen and oxygen atoms in total. The van der Waals surface area contributed by atoms with Gasteiger partial charge in [0.05, 0.1) is 4.91 Å². The van der Waals surface area contributed by atoms with E-state index in [1.807, 2.05) is 0 Å². The van der Waals surface area contributed by atoms with Crippen LogP contribution in [0.1, 0.15) is 0 Å². The Labute approximate surface area is 76.4 Å². The molecule has 66 valence electrons. The summed E-state index contributed by atoms with van der Waals surface area (Å²) < 4.78 is 21.1. The van der Waals surface area contributed by atoms with Crippen LogP contribution in [0.3, 0.4) is 0 Å². The van der Waals surface area contributed by atoms with Crippen LogP contribution >= 0.6 is 11.8 Å².